The van der Waals surface area contributed by atoms with Crippen molar-refractivity contribution in [3.8, 4) is 5.75 Å². The van der Waals surface area contributed by atoms with Crippen molar-refractivity contribution in [2.24, 2.45) is 0 Å². The fraction of sp³-hybridized carbons (Fsp3) is 0.250. The maximum Gasteiger partial charge on any atom is 0.133 e. The fourth-order valence-electron chi connectivity index (χ4n) is 1.94. The molecule has 0 amide bonds. The highest BCUT2D eigenvalue weighted by atomic mass is 79.9. The summed E-state index contributed by atoms with van der Waals surface area (Å²) < 4.78 is 6.20. The van der Waals surface area contributed by atoms with Crippen molar-refractivity contribution < 1.29 is 4.74 Å². The van der Waals surface area contributed by atoms with E-state index in [1.54, 1.807) is 7.11 Å². The Bertz CT molecular complexity index is 561. The third-order valence-corrected chi connectivity index (χ3v) is 3.92. The third-order valence-electron chi connectivity index (χ3n) is 3.05. The number of hydrogen-bond acceptors (Lipinski definition) is 2. The Kier molecular flexibility index (Phi) is 8.34. The standard InChI is InChI=1S/C16H17BrClNO.BrH/c1-20-16-7-4-13(10-15(16)17)11-19-9-8-12-2-5-14(18)6-3-12;/h2-7,10,19H,8-9,11H2,1H3;1H. The lowest BCUT2D eigenvalue weighted by molar-refractivity contribution is 0.412. The van der Waals surface area contributed by atoms with Gasteiger partial charge in [0.2, 0.25) is 0 Å². The molecule has 114 valence electrons. The highest BCUT2D eigenvalue weighted by molar-refractivity contribution is 9.10. The molecule has 2 aromatic rings. The maximum atomic E-state index is 5.86. The summed E-state index contributed by atoms with van der Waals surface area (Å²) in [6.45, 7) is 1.78. The van der Waals surface area contributed by atoms with Gasteiger partial charge in [0.05, 0.1) is 11.6 Å². The quantitative estimate of drug-likeness (QED) is 0.643. The predicted octanol–water partition coefficient (Wildman–Crippen LogP) is 5.02. The van der Waals surface area contributed by atoms with E-state index in [4.69, 9.17) is 16.3 Å². The lowest BCUT2D eigenvalue weighted by Crippen LogP contribution is -2.16. The van der Waals surface area contributed by atoms with Gasteiger partial charge in [0, 0.05) is 11.6 Å². The molecule has 2 rings (SSSR count). The molecule has 0 radical (unpaired) electrons. The van der Waals surface area contributed by atoms with Crippen molar-refractivity contribution in [3.63, 3.8) is 0 Å². The van der Waals surface area contributed by atoms with Gasteiger partial charge in [0.25, 0.3) is 0 Å². The zero-order chi connectivity index (χ0) is 14.4. The van der Waals surface area contributed by atoms with Crippen molar-refractivity contribution in [2.75, 3.05) is 13.7 Å². The Balaban J connectivity index is 0.00000220. The Morgan fingerprint density at radius 2 is 1.76 bits per heavy atom. The van der Waals surface area contributed by atoms with Crippen LogP contribution < -0.4 is 10.1 Å². The average molecular weight is 436 g/mol. The Morgan fingerprint density at radius 3 is 2.38 bits per heavy atom. The number of rotatable bonds is 6. The van der Waals surface area contributed by atoms with Crippen LogP contribution in [0, 0.1) is 0 Å². The molecule has 0 aliphatic rings. The van der Waals surface area contributed by atoms with E-state index in [1.165, 1.54) is 11.1 Å². The second-order valence-corrected chi connectivity index (χ2v) is 5.81. The smallest absolute Gasteiger partial charge is 0.133 e. The van der Waals surface area contributed by atoms with Crippen molar-refractivity contribution in [2.45, 2.75) is 13.0 Å². The van der Waals surface area contributed by atoms with Gasteiger partial charge in [-0.15, -0.1) is 17.0 Å². The SMILES string of the molecule is Br.COc1ccc(CNCCc2ccc(Cl)cc2)cc1Br. The first kappa shape index (κ1) is 18.5. The molecule has 0 bridgehead atoms. The summed E-state index contributed by atoms with van der Waals surface area (Å²) in [6.07, 6.45) is 0.995. The van der Waals surface area contributed by atoms with Crippen LogP contribution in [0.4, 0.5) is 0 Å². The van der Waals surface area contributed by atoms with Gasteiger partial charge in [-0.2, -0.15) is 0 Å². The molecular weight excluding hydrogens is 417 g/mol. The van der Waals surface area contributed by atoms with Crippen LogP contribution >= 0.6 is 44.5 Å². The molecule has 0 saturated heterocycles. The van der Waals surface area contributed by atoms with Gasteiger partial charge in [-0.25, -0.2) is 0 Å². The first-order chi connectivity index (χ1) is 9.69. The van der Waals surface area contributed by atoms with E-state index in [9.17, 15) is 0 Å². The molecule has 5 heteroatoms. The minimum atomic E-state index is 0. The highest BCUT2D eigenvalue weighted by Crippen LogP contribution is 2.25. The summed E-state index contributed by atoms with van der Waals surface area (Å²) in [5.41, 5.74) is 2.52. The van der Waals surface area contributed by atoms with E-state index in [1.807, 2.05) is 18.2 Å². The summed E-state index contributed by atoms with van der Waals surface area (Å²) in [5, 5.41) is 4.22. The van der Waals surface area contributed by atoms with E-state index >= 15 is 0 Å². The topological polar surface area (TPSA) is 21.3 Å². The molecule has 0 aromatic heterocycles. The van der Waals surface area contributed by atoms with Crippen LogP contribution in [-0.4, -0.2) is 13.7 Å². The van der Waals surface area contributed by atoms with Crippen molar-refractivity contribution >= 4 is 44.5 Å². The molecule has 0 saturated carbocycles. The number of benzene rings is 2. The van der Waals surface area contributed by atoms with Crippen LogP contribution in [0.15, 0.2) is 46.9 Å². The molecule has 2 nitrogen and oxygen atoms in total. The minimum absolute atomic E-state index is 0. The summed E-state index contributed by atoms with van der Waals surface area (Å²) in [7, 11) is 1.67. The first-order valence-corrected chi connectivity index (χ1v) is 7.63. The van der Waals surface area contributed by atoms with E-state index in [-0.39, 0.29) is 17.0 Å². The number of nitrogens with one attached hydrogen (secondary N) is 1. The Morgan fingerprint density at radius 1 is 1.10 bits per heavy atom. The molecule has 0 fully saturated rings. The molecule has 21 heavy (non-hydrogen) atoms. The largest absolute Gasteiger partial charge is 0.496 e. The number of halogens is 3. The van der Waals surface area contributed by atoms with Gasteiger partial charge in [-0.05, 0) is 64.3 Å². The lowest BCUT2D eigenvalue weighted by Gasteiger charge is -2.08. The van der Waals surface area contributed by atoms with Crippen molar-refractivity contribution in [1.82, 2.24) is 5.32 Å². The van der Waals surface area contributed by atoms with Gasteiger partial charge in [-0.1, -0.05) is 29.8 Å². The van der Waals surface area contributed by atoms with E-state index in [2.05, 4.69) is 45.5 Å². The van der Waals surface area contributed by atoms with Gasteiger partial charge in [0.1, 0.15) is 5.75 Å². The first-order valence-electron chi connectivity index (χ1n) is 6.46. The van der Waals surface area contributed by atoms with E-state index < -0.39 is 0 Å². The van der Waals surface area contributed by atoms with Crippen LogP contribution in [0.1, 0.15) is 11.1 Å². The number of hydrogen-bond donors (Lipinski definition) is 1. The summed E-state index contributed by atoms with van der Waals surface area (Å²) in [4.78, 5) is 0. The predicted molar refractivity (Wildman–Crippen MR) is 97.9 cm³/mol. The summed E-state index contributed by atoms with van der Waals surface area (Å²) >= 11 is 9.36. The van der Waals surface area contributed by atoms with E-state index in [0.717, 1.165) is 34.8 Å². The van der Waals surface area contributed by atoms with Crippen LogP contribution in [0.3, 0.4) is 0 Å². The van der Waals surface area contributed by atoms with Crippen LogP contribution in [-0.2, 0) is 13.0 Å². The molecule has 0 heterocycles. The highest BCUT2D eigenvalue weighted by Gasteiger charge is 2.01. The second kappa shape index (κ2) is 9.46. The van der Waals surface area contributed by atoms with Crippen molar-refractivity contribution in [3.05, 3.63) is 63.1 Å². The molecule has 0 atom stereocenters. The molecule has 0 unspecified atom stereocenters. The van der Waals surface area contributed by atoms with Gasteiger partial charge in [0.15, 0.2) is 0 Å². The number of ether oxygens (including phenoxy) is 1. The molecule has 1 N–H and O–H groups in total. The Hall–Kier alpha value is -0.550. The van der Waals surface area contributed by atoms with Crippen LogP contribution in [0.25, 0.3) is 0 Å². The normalized spacial score (nSPS) is 10.0. The maximum absolute atomic E-state index is 5.86. The molecule has 0 spiro atoms. The molecule has 2 aromatic carbocycles. The van der Waals surface area contributed by atoms with Gasteiger partial charge >= 0.3 is 0 Å². The molecule has 0 aliphatic heterocycles. The summed E-state index contributed by atoms with van der Waals surface area (Å²) in [5.74, 6) is 0.856. The van der Waals surface area contributed by atoms with Crippen molar-refractivity contribution in [1.29, 1.82) is 0 Å². The zero-order valence-corrected chi connectivity index (χ0v) is 15.8. The number of methoxy groups -OCH3 is 1. The average Bonchev–Trinajstić information content (AvgIpc) is 2.46. The summed E-state index contributed by atoms with van der Waals surface area (Å²) in [6, 6.07) is 14.1. The lowest BCUT2D eigenvalue weighted by atomic mass is 10.1. The monoisotopic (exact) mass is 433 g/mol. The van der Waals surface area contributed by atoms with Crippen LogP contribution in [0.5, 0.6) is 5.75 Å². The third kappa shape index (κ3) is 5.99. The fourth-order valence-corrected chi connectivity index (χ4v) is 2.65. The van der Waals surface area contributed by atoms with Gasteiger partial charge in [-0.3, -0.25) is 0 Å². The van der Waals surface area contributed by atoms with Crippen LogP contribution in [0.2, 0.25) is 5.02 Å². The van der Waals surface area contributed by atoms with E-state index in [0.29, 0.717) is 0 Å². The molecule has 0 aliphatic carbocycles. The second-order valence-electron chi connectivity index (χ2n) is 4.52. The van der Waals surface area contributed by atoms with Gasteiger partial charge < -0.3 is 10.1 Å². The zero-order valence-electron chi connectivity index (χ0n) is 11.7. The minimum Gasteiger partial charge on any atom is -0.496 e. The Labute approximate surface area is 149 Å². The molecular formula is C16H18Br2ClNO.